The molecule has 0 aliphatic heterocycles. The first-order valence-corrected chi connectivity index (χ1v) is 7.78. The van der Waals surface area contributed by atoms with E-state index in [-0.39, 0.29) is 24.8 Å². The van der Waals surface area contributed by atoms with E-state index in [2.05, 4.69) is 10.3 Å². The van der Waals surface area contributed by atoms with Gasteiger partial charge < -0.3 is 9.88 Å². The van der Waals surface area contributed by atoms with Gasteiger partial charge in [0.2, 0.25) is 0 Å². The molecule has 21 heavy (non-hydrogen) atoms. The van der Waals surface area contributed by atoms with Crippen LogP contribution < -0.4 is 5.32 Å². The van der Waals surface area contributed by atoms with Crippen LogP contribution in [0.3, 0.4) is 0 Å². The Hall–Kier alpha value is -1.04. The maximum atomic E-state index is 13.0. The summed E-state index contributed by atoms with van der Waals surface area (Å²) >= 11 is 0. The van der Waals surface area contributed by atoms with Crippen molar-refractivity contribution < 1.29 is 13.2 Å². The van der Waals surface area contributed by atoms with Crippen molar-refractivity contribution >= 4 is 0 Å². The molecule has 1 aromatic heterocycles. The first-order chi connectivity index (χ1) is 9.97. The Kier molecular flexibility index (Phi) is 5.30. The summed E-state index contributed by atoms with van der Waals surface area (Å²) in [5.74, 6) is -0.298. The number of imidazole rings is 1. The predicted octanol–water partition coefficient (Wildman–Crippen LogP) is 3.92. The van der Waals surface area contributed by atoms with E-state index in [4.69, 9.17) is 0 Å². The zero-order valence-corrected chi connectivity index (χ0v) is 12.7. The Morgan fingerprint density at radius 1 is 1.38 bits per heavy atom. The molecule has 6 heteroatoms. The highest BCUT2D eigenvalue weighted by atomic mass is 19.4. The van der Waals surface area contributed by atoms with Crippen molar-refractivity contribution in [2.45, 2.75) is 58.3 Å². The summed E-state index contributed by atoms with van der Waals surface area (Å²) in [6.45, 7) is 5.52. The highest BCUT2D eigenvalue weighted by molar-refractivity contribution is 5.03. The minimum absolute atomic E-state index is 0.00183. The van der Waals surface area contributed by atoms with Crippen molar-refractivity contribution in [3.8, 4) is 0 Å². The third-order valence-electron chi connectivity index (χ3n) is 4.44. The zero-order chi connectivity index (χ0) is 15.5. The van der Waals surface area contributed by atoms with E-state index in [1.165, 1.54) is 0 Å². The van der Waals surface area contributed by atoms with Gasteiger partial charge in [0.05, 0.1) is 12.0 Å². The second-order valence-corrected chi connectivity index (χ2v) is 5.77. The van der Waals surface area contributed by atoms with E-state index in [9.17, 15) is 13.2 Å². The number of nitrogens with one attached hydrogen (secondary N) is 1. The van der Waals surface area contributed by atoms with Crippen LogP contribution in [0.5, 0.6) is 0 Å². The van der Waals surface area contributed by atoms with E-state index < -0.39 is 12.1 Å². The topological polar surface area (TPSA) is 29.9 Å². The van der Waals surface area contributed by atoms with Crippen molar-refractivity contribution in [3.63, 3.8) is 0 Å². The standard InChI is InChI=1S/C15H24F3N3/c1-3-19-13(14-20-8-9-21(14)4-2)11-6-5-7-12(10-11)15(16,17)18/h8-9,11-13,19H,3-7,10H2,1-2H3. The summed E-state index contributed by atoms with van der Waals surface area (Å²) in [7, 11) is 0. The van der Waals surface area contributed by atoms with Gasteiger partial charge in [-0.05, 0) is 38.6 Å². The molecule has 2 rings (SSSR count). The van der Waals surface area contributed by atoms with Crippen LogP contribution >= 0.6 is 0 Å². The molecule has 3 nitrogen and oxygen atoms in total. The molecule has 0 bridgehead atoms. The minimum Gasteiger partial charge on any atom is -0.334 e. The molecule has 0 saturated heterocycles. The van der Waals surface area contributed by atoms with Gasteiger partial charge in [-0.1, -0.05) is 13.3 Å². The number of hydrogen-bond donors (Lipinski definition) is 1. The van der Waals surface area contributed by atoms with Crippen molar-refractivity contribution in [2.75, 3.05) is 6.54 Å². The monoisotopic (exact) mass is 303 g/mol. The number of alkyl halides is 3. The summed E-state index contributed by atoms with van der Waals surface area (Å²) in [6, 6.07) is -0.0879. The lowest BCUT2D eigenvalue weighted by atomic mass is 9.77. The number of rotatable bonds is 5. The van der Waals surface area contributed by atoms with Crippen molar-refractivity contribution in [1.82, 2.24) is 14.9 Å². The van der Waals surface area contributed by atoms with Gasteiger partial charge >= 0.3 is 6.18 Å². The third-order valence-corrected chi connectivity index (χ3v) is 4.44. The van der Waals surface area contributed by atoms with Crippen LogP contribution in [0.15, 0.2) is 12.4 Å². The second kappa shape index (κ2) is 6.81. The van der Waals surface area contributed by atoms with Gasteiger partial charge in [-0.25, -0.2) is 4.98 Å². The fraction of sp³-hybridized carbons (Fsp3) is 0.800. The minimum atomic E-state index is -4.07. The molecule has 1 fully saturated rings. The molecule has 0 amide bonds. The lowest BCUT2D eigenvalue weighted by Crippen LogP contribution is -2.37. The van der Waals surface area contributed by atoms with Gasteiger partial charge in [-0.15, -0.1) is 0 Å². The van der Waals surface area contributed by atoms with Crippen LogP contribution in [0.4, 0.5) is 13.2 Å². The number of aromatic nitrogens is 2. The van der Waals surface area contributed by atoms with Crippen LogP contribution in [0, 0.1) is 11.8 Å². The molecular formula is C15H24F3N3. The number of hydrogen-bond acceptors (Lipinski definition) is 2. The molecule has 1 saturated carbocycles. The maximum Gasteiger partial charge on any atom is 0.391 e. The quantitative estimate of drug-likeness (QED) is 0.893. The van der Waals surface area contributed by atoms with Crippen LogP contribution in [0.25, 0.3) is 0 Å². The fourth-order valence-corrected chi connectivity index (χ4v) is 3.38. The number of halogens is 3. The Labute approximate surface area is 123 Å². The average molecular weight is 303 g/mol. The van der Waals surface area contributed by atoms with E-state index in [0.717, 1.165) is 25.3 Å². The Bertz CT molecular complexity index is 442. The summed E-state index contributed by atoms with van der Waals surface area (Å²) in [5, 5.41) is 3.35. The van der Waals surface area contributed by atoms with Crippen molar-refractivity contribution in [2.24, 2.45) is 11.8 Å². The molecule has 0 aromatic carbocycles. The van der Waals surface area contributed by atoms with Gasteiger partial charge in [0, 0.05) is 18.9 Å². The third kappa shape index (κ3) is 3.78. The molecule has 0 radical (unpaired) electrons. The van der Waals surface area contributed by atoms with E-state index in [0.29, 0.717) is 6.42 Å². The van der Waals surface area contributed by atoms with Crippen LogP contribution in [-0.4, -0.2) is 22.3 Å². The fourth-order valence-electron chi connectivity index (χ4n) is 3.38. The van der Waals surface area contributed by atoms with E-state index in [1.54, 1.807) is 6.20 Å². The predicted molar refractivity (Wildman–Crippen MR) is 75.8 cm³/mol. The normalized spacial score (nSPS) is 25.0. The van der Waals surface area contributed by atoms with Crippen LogP contribution in [0.2, 0.25) is 0 Å². The van der Waals surface area contributed by atoms with Crippen molar-refractivity contribution in [3.05, 3.63) is 18.2 Å². The molecule has 3 atom stereocenters. The summed E-state index contributed by atoms with van der Waals surface area (Å²) in [5.41, 5.74) is 0. The molecule has 0 spiro atoms. The van der Waals surface area contributed by atoms with Gasteiger partial charge in [0.1, 0.15) is 5.82 Å². The molecular weight excluding hydrogens is 279 g/mol. The molecule has 120 valence electrons. The largest absolute Gasteiger partial charge is 0.391 e. The highest BCUT2D eigenvalue weighted by Crippen LogP contribution is 2.43. The van der Waals surface area contributed by atoms with Crippen LogP contribution in [-0.2, 0) is 6.54 Å². The molecule has 1 aliphatic rings. The Morgan fingerprint density at radius 3 is 2.76 bits per heavy atom. The first-order valence-electron chi connectivity index (χ1n) is 7.78. The number of aryl methyl sites for hydroxylation is 1. The van der Waals surface area contributed by atoms with Gasteiger partial charge in [0.15, 0.2) is 0 Å². The summed E-state index contributed by atoms with van der Waals surface area (Å²) < 4.78 is 41.1. The summed E-state index contributed by atoms with van der Waals surface area (Å²) in [6.07, 6.45) is 1.50. The summed E-state index contributed by atoms with van der Waals surface area (Å²) in [4.78, 5) is 4.39. The van der Waals surface area contributed by atoms with Gasteiger partial charge in [0.25, 0.3) is 0 Å². The Balaban J connectivity index is 2.18. The molecule has 1 aliphatic carbocycles. The SMILES string of the molecule is CCNC(c1nccn1CC)C1CCCC(C(F)(F)F)C1. The van der Waals surface area contributed by atoms with E-state index in [1.807, 2.05) is 24.6 Å². The molecule has 1 aromatic rings. The van der Waals surface area contributed by atoms with E-state index >= 15 is 0 Å². The second-order valence-electron chi connectivity index (χ2n) is 5.77. The smallest absolute Gasteiger partial charge is 0.334 e. The zero-order valence-electron chi connectivity index (χ0n) is 12.7. The van der Waals surface area contributed by atoms with Gasteiger partial charge in [-0.2, -0.15) is 13.2 Å². The Morgan fingerprint density at radius 2 is 2.14 bits per heavy atom. The maximum absolute atomic E-state index is 13.0. The molecule has 1 heterocycles. The molecule has 1 N–H and O–H groups in total. The number of nitrogens with zero attached hydrogens (tertiary/aromatic N) is 2. The lowest BCUT2D eigenvalue weighted by Gasteiger charge is -2.35. The molecule has 3 unspecified atom stereocenters. The van der Waals surface area contributed by atoms with Crippen molar-refractivity contribution in [1.29, 1.82) is 0 Å². The van der Waals surface area contributed by atoms with Gasteiger partial charge in [-0.3, -0.25) is 0 Å². The highest BCUT2D eigenvalue weighted by Gasteiger charge is 2.44. The first kappa shape index (κ1) is 16.3. The average Bonchev–Trinajstić information content (AvgIpc) is 2.92. The lowest BCUT2D eigenvalue weighted by molar-refractivity contribution is -0.186. The van der Waals surface area contributed by atoms with Crippen LogP contribution in [0.1, 0.15) is 51.4 Å².